The molecule has 2 aliphatic rings. The molecule has 1 aromatic rings. The minimum atomic E-state index is 0.302. The van der Waals surface area contributed by atoms with Crippen LogP contribution in [-0.4, -0.2) is 5.78 Å². The third-order valence-electron chi connectivity index (χ3n) is 5.21. The number of ketones is 1. The fraction of sp³-hybridized carbons (Fsp3) is 0.611. The lowest BCUT2D eigenvalue weighted by Gasteiger charge is -2.31. The average Bonchev–Trinajstić information content (AvgIpc) is 2.60. The van der Waals surface area contributed by atoms with E-state index in [1.165, 1.54) is 37.7 Å². The molecule has 1 atom stereocenters. The van der Waals surface area contributed by atoms with Crippen LogP contribution in [0, 0.1) is 17.8 Å². The van der Waals surface area contributed by atoms with Crippen molar-refractivity contribution in [2.75, 3.05) is 0 Å². The Morgan fingerprint density at radius 2 is 1.74 bits per heavy atom. The van der Waals surface area contributed by atoms with Crippen LogP contribution in [0.2, 0.25) is 0 Å². The number of fused-ring (bicyclic) bond motifs is 1. The first kappa shape index (κ1) is 12.9. The summed E-state index contributed by atoms with van der Waals surface area (Å²) in [6, 6.07) is 8.26. The van der Waals surface area contributed by atoms with E-state index >= 15 is 0 Å². The molecule has 19 heavy (non-hydrogen) atoms. The SMILES string of the molecule is CC1CCC(C2CCCc3ccccc3C2=O)CC1. The molecular weight excluding hydrogens is 232 g/mol. The van der Waals surface area contributed by atoms with Crippen LogP contribution >= 0.6 is 0 Å². The van der Waals surface area contributed by atoms with E-state index in [0.717, 1.165) is 24.3 Å². The van der Waals surface area contributed by atoms with Crippen molar-refractivity contribution < 1.29 is 4.79 Å². The lowest BCUT2D eigenvalue weighted by molar-refractivity contribution is 0.0823. The number of Topliss-reactive ketones (excluding diaryl/α,β-unsaturated/α-hetero) is 1. The summed E-state index contributed by atoms with van der Waals surface area (Å²) in [5.74, 6) is 2.25. The van der Waals surface area contributed by atoms with E-state index < -0.39 is 0 Å². The average molecular weight is 256 g/mol. The summed E-state index contributed by atoms with van der Waals surface area (Å²) in [6.07, 6.45) is 8.53. The third-order valence-corrected chi connectivity index (χ3v) is 5.21. The maximum Gasteiger partial charge on any atom is 0.166 e. The molecule has 0 saturated heterocycles. The molecule has 0 spiro atoms. The highest BCUT2D eigenvalue weighted by atomic mass is 16.1. The number of hydrogen-bond donors (Lipinski definition) is 0. The molecule has 1 saturated carbocycles. The molecular formula is C18H24O. The molecule has 0 heterocycles. The van der Waals surface area contributed by atoms with Crippen LogP contribution in [0.3, 0.4) is 0 Å². The summed E-state index contributed by atoms with van der Waals surface area (Å²) < 4.78 is 0. The molecule has 0 aromatic heterocycles. The Bertz CT molecular complexity index is 455. The van der Waals surface area contributed by atoms with Gasteiger partial charge < -0.3 is 0 Å². The first-order chi connectivity index (χ1) is 9.25. The first-order valence-electron chi connectivity index (χ1n) is 7.88. The van der Waals surface area contributed by atoms with E-state index in [4.69, 9.17) is 0 Å². The highest BCUT2D eigenvalue weighted by Gasteiger charge is 2.33. The molecule has 102 valence electrons. The molecule has 1 unspecified atom stereocenters. The number of hydrogen-bond acceptors (Lipinski definition) is 1. The van der Waals surface area contributed by atoms with Gasteiger partial charge in [-0.1, -0.05) is 44.0 Å². The molecule has 3 rings (SSSR count). The number of aryl methyl sites for hydroxylation is 1. The number of rotatable bonds is 1. The van der Waals surface area contributed by atoms with Crippen LogP contribution < -0.4 is 0 Å². The van der Waals surface area contributed by atoms with Crippen molar-refractivity contribution in [2.45, 2.75) is 51.9 Å². The Morgan fingerprint density at radius 1 is 1.00 bits per heavy atom. The molecule has 1 heteroatoms. The molecule has 1 aromatic carbocycles. The first-order valence-corrected chi connectivity index (χ1v) is 7.88. The van der Waals surface area contributed by atoms with Crippen LogP contribution in [0.25, 0.3) is 0 Å². The molecule has 1 fully saturated rings. The summed E-state index contributed by atoms with van der Waals surface area (Å²) in [5, 5.41) is 0. The Balaban J connectivity index is 1.82. The van der Waals surface area contributed by atoms with Gasteiger partial charge in [0.25, 0.3) is 0 Å². The smallest absolute Gasteiger partial charge is 0.166 e. The van der Waals surface area contributed by atoms with Crippen molar-refractivity contribution in [1.82, 2.24) is 0 Å². The molecule has 0 N–H and O–H groups in total. The van der Waals surface area contributed by atoms with Crippen molar-refractivity contribution in [3.63, 3.8) is 0 Å². The molecule has 0 bridgehead atoms. The Hall–Kier alpha value is -1.11. The summed E-state index contributed by atoms with van der Waals surface area (Å²) in [6.45, 7) is 2.35. The van der Waals surface area contributed by atoms with E-state index in [1.807, 2.05) is 12.1 Å². The number of carbonyl (C=O) groups excluding carboxylic acids is 1. The van der Waals surface area contributed by atoms with E-state index in [-0.39, 0.29) is 0 Å². The highest BCUT2D eigenvalue weighted by molar-refractivity contribution is 5.99. The van der Waals surface area contributed by atoms with Crippen LogP contribution in [0.4, 0.5) is 0 Å². The minimum absolute atomic E-state index is 0.302. The van der Waals surface area contributed by atoms with Gasteiger partial charge in [0, 0.05) is 11.5 Å². The van der Waals surface area contributed by atoms with Gasteiger partial charge in [-0.05, 0) is 49.5 Å². The summed E-state index contributed by atoms with van der Waals surface area (Å²) in [7, 11) is 0. The molecule has 0 radical (unpaired) electrons. The topological polar surface area (TPSA) is 17.1 Å². The quantitative estimate of drug-likeness (QED) is 0.668. The lowest BCUT2D eigenvalue weighted by atomic mass is 9.73. The summed E-state index contributed by atoms with van der Waals surface area (Å²) in [5.41, 5.74) is 2.29. The molecule has 0 aliphatic heterocycles. The second-order valence-electron chi connectivity index (χ2n) is 6.54. The van der Waals surface area contributed by atoms with Crippen LogP contribution in [0.1, 0.15) is 61.4 Å². The van der Waals surface area contributed by atoms with Crippen molar-refractivity contribution in [3.8, 4) is 0 Å². The van der Waals surface area contributed by atoms with E-state index in [0.29, 0.717) is 17.6 Å². The van der Waals surface area contributed by atoms with Gasteiger partial charge >= 0.3 is 0 Å². The number of carbonyl (C=O) groups is 1. The van der Waals surface area contributed by atoms with Gasteiger partial charge in [-0.25, -0.2) is 0 Å². The van der Waals surface area contributed by atoms with Crippen LogP contribution in [0.15, 0.2) is 24.3 Å². The zero-order valence-electron chi connectivity index (χ0n) is 11.9. The maximum atomic E-state index is 12.8. The normalized spacial score (nSPS) is 31.6. The van der Waals surface area contributed by atoms with Gasteiger partial charge in [-0.15, -0.1) is 0 Å². The Kier molecular flexibility index (Phi) is 3.72. The maximum absolute atomic E-state index is 12.8. The standard InChI is InChI=1S/C18H24O/c1-13-9-11-15(12-10-13)17-8-4-6-14-5-2-3-7-16(14)18(17)19/h2-3,5,7,13,15,17H,4,6,8-12H2,1H3. The van der Waals surface area contributed by atoms with Crippen molar-refractivity contribution in [2.24, 2.45) is 17.8 Å². The van der Waals surface area contributed by atoms with Gasteiger partial charge in [0.05, 0.1) is 0 Å². The van der Waals surface area contributed by atoms with Gasteiger partial charge in [0.15, 0.2) is 5.78 Å². The fourth-order valence-corrected chi connectivity index (χ4v) is 3.96. The van der Waals surface area contributed by atoms with Gasteiger partial charge in [0.2, 0.25) is 0 Å². The Labute approximate surface area is 116 Å². The van der Waals surface area contributed by atoms with Crippen molar-refractivity contribution >= 4 is 5.78 Å². The zero-order chi connectivity index (χ0) is 13.2. The van der Waals surface area contributed by atoms with Gasteiger partial charge in [-0.2, -0.15) is 0 Å². The monoisotopic (exact) mass is 256 g/mol. The second-order valence-corrected chi connectivity index (χ2v) is 6.54. The van der Waals surface area contributed by atoms with Crippen LogP contribution in [0.5, 0.6) is 0 Å². The molecule has 2 aliphatic carbocycles. The predicted octanol–water partition coefficient (Wildman–Crippen LogP) is 4.65. The van der Waals surface area contributed by atoms with Crippen molar-refractivity contribution in [3.05, 3.63) is 35.4 Å². The minimum Gasteiger partial charge on any atom is -0.294 e. The van der Waals surface area contributed by atoms with E-state index in [2.05, 4.69) is 19.1 Å². The summed E-state index contributed by atoms with van der Waals surface area (Å²) >= 11 is 0. The second kappa shape index (κ2) is 5.48. The third kappa shape index (κ3) is 2.61. The van der Waals surface area contributed by atoms with E-state index in [9.17, 15) is 4.79 Å². The highest BCUT2D eigenvalue weighted by Crippen LogP contribution is 2.38. The molecule has 1 nitrogen and oxygen atoms in total. The lowest BCUT2D eigenvalue weighted by Crippen LogP contribution is -2.27. The fourth-order valence-electron chi connectivity index (χ4n) is 3.96. The number of benzene rings is 1. The predicted molar refractivity (Wildman–Crippen MR) is 78.3 cm³/mol. The van der Waals surface area contributed by atoms with Crippen LogP contribution in [-0.2, 0) is 6.42 Å². The van der Waals surface area contributed by atoms with Gasteiger partial charge in [0.1, 0.15) is 0 Å². The zero-order valence-corrected chi connectivity index (χ0v) is 11.9. The van der Waals surface area contributed by atoms with Gasteiger partial charge in [-0.3, -0.25) is 4.79 Å². The molecule has 0 amide bonds. The Morgan fingerprint density at radius 3 is 2.53 bits per heavy atom. The summed E-state index contributed by atoms with van der Waals surface area (Å²) in [4.78, 5) is 12.8. The van der Waals surface area contributed by atoms with E-state index in [1.54, 1.807) is 0 Å². The van der Waals surface area contributed by atoms with Crippen molar-refractivity contribution in [1.29, 1.82) is 0 Å². The largest absolute Gasteiger partial charge is 0.294 e.